The molecule has 0 aliphatic carbocycles. The third kappa shape index (κ3) is 5.71. The maximum absolute atomic E-state index is 13.5. The lowest BCUT2D eigenvalue weighted by Crippen LogP contribution is -2.34. The fourth-order valence-corrected chi connectivity index (χ4v) is 3.53. The highest BCUT2D eigenvalue weighted by molar-refractivity contribution is 5.95. The molecule has 1 amide bonds. The molecule has 7 nitrogen and oxygen atoms in total. The van der Waals surface area contributed by atoms with Gasteiger partial charge in [0.15, 0.2) is 0 Å². The quantitative estimate of drug-likeness (QED) is 0.420. The Morgan fingerprint density at radius 1 is 1.06 bits per heavy atom. The Morgan fingerprint density at radius 2 is 1.82 bits per heavy atom. The molecule has 0 saturated carbocycles. The van der Waals surface area contributed by atoms with Gasteiger partial charge in [-0.2, -0.15) is 10.4 Å². The van der Waals surface area contributed by atoms with Crippen LogP contribution in [0.25, 0.3) is 11.1 Å². The fraction of sp³-hybridized carbons (Fsp3) is 0.154. The lowest BCUT2D eigenvalue weighted by Gasteiger charge is -2.19. The van der Waals surface area contributed by atoms with Gasteiger partial charge in [-0.1, -0.05) is 24.3 Å². The predicted octanol–water partition coefficient (Wildman–Crippen LogP) is 4.00. The summed E-state index contributed by atoms with van der Waals surface area (Å²) < 4.78 is 15.2. The number of nitriles is 1. The van der Waals surface area contributed by atoms with Gasteiger partial charge in [-0.05, 0) is 53.9 Å². The zero-order valence-electron chi connectivity index (χ0n) is 18.6. The number of halogens is 1. The van der Waals surface area contributed by atoms with Crippen LogP contribution in [-0.4, -0.2) is 27.2 Å². The van der Waals surface area contributed by atoms with Crippen molar-refractivity contribution in [3.8, 4) is 17.2 Å². The second kappa shape index (κ2) is 10.5. The standard InChI is InChI=1S/C26H23FN6O/c1-33-17-22(16-31-33)21-8-11-24(30-15-21)32-26(34)25(20-6-9-23(27)10-7-20)29-13-12-18-2-4-19(14-28)5-3-18/h2-11,15-17,25,29H,12-13H2,1H3,(H,30,32,34)/t25-/m0/s1. The first-order chi connectivity index (χ1) is 16.5. The molecule has 0 fully saturated rings. The van der Waals surface area contributed by atoms with Crippen LogP contribution >= 0.6 is 0 Å². The molecule has 4 rings (SSSR count). The summed E-state index contributed by atoms with van der Waals surface area (Å²) in [5.41, 5.74) is 4.11. The van der Waals surface area contributed by atoms with Crippen molar-refractivity contribution in [2.45, 2.75) is 12.5 Å². The van der Waals surface area contributed by atoms with Crippen molar-refractivity contribution in [1.82, 2.24) is 20.1 Å². The van der Waals surface area contributed by atoms with Crippen LogP contribution in [-0.2, 0) is 18.3 Å². The number of amides is 1. The van der Waals surface area contributed by atoms with Gasteiger partial charge in [0.05, 0.1) is 17.8 Å². The number of pyridine rings is 1. The Morgan fingerprint density at radius 3 is 2.44 bits per heavy atom. The molecule has 0 spiro atoms. The molecule has 34 heavy (non-hydrogen) atoms. The van der Waals surface area contributed by atoms with E-state index >= 15 is 0 Å². The van der Waals surface area contributed by atoms with Gasteiger partial charge in [0, 0.05) is 37.1 Å². The van der Waals surface area contributed by atoms with Crippen molar-refractivity contribution in [2.24, 2.45) is 7.05 Å². The number of nitrogens with one attached hydrogen (secondary N) is 2. The third-order valence-electron chi connectivity index (χ3n) is 5.36. The normalized spacial score (nSPS) is 11.6. The van der Waals surface area contributed by atoms with E-state index in [-0.39, 0.29) is 11.7 Å². The van der Waals surface area contributed by atoms with E-state index in [4.69, 9.17) is 5.26 Å². The van der Waals surface area contributed by atoms with Gasteiger partial charge in [-0.3, -0.25) is 9.48 Å². The van der Waals surface area contributed by atoms with Crippen molar-refractivity contribution < 1.29 is 9.18 Å². The van der Waals surface area contributed by atoms with Crippen LogP contribution in [0.3, 0.4) is 0 Å². The van der Waals surface area contributed by atoms with Gasteiger partial charge in [0.1, 0.15) is 17.7 Å². The van der Waals surface area contributed by atoms with Crippen LogP contribution in [0.5, 0.6) is 0 Å². The summed E-state index contributed by atoms with van der Waals surface area (Å²) in [4.78, 5) is 17.5. The van der Waals surface area contributed by atoms with Crippen molar-refractivity contribution in [1.29, 1.82) is 5.26 Å². The highest BCUT2D eigenvalue weighted by Crippen LogP contribution is 2.20. The molecule has 0 unspecified atom stereocenters. The lowest BCUT2D eigenvalue weighted by atomic mass is 10.0. The van der Waals surface area contributed by atoms with Crippen LogP contribution in [0.1, 0.15) is 22.7 Å². The van der Waals surface area contributed by atoms with Crippen molar-refractivity contribution >= 4 is 11.7 Å². The molecule has 170 valence electrons. The molecular weight excluding hydrogens is 431 g/mol. The van der Waals surface area contributed by atoms with E-state index in [1.807, 2.05) is 31.4 Å². The minimum Gasteiger partial charge on any atom is -0.309 e. The molecule has 1 atom stereocenters. The summed E-state index contributed by atoms with van der Waals surface area (Å²) in [6.45, 7) is 0.509. The average Bonchev–Trinajstić information content (AvgIpc) is 3.29. The van der Waals surface area contributed by atoms with Crippen LogP contribution in [0.4, 0.5) is 10.2 Å². The van der Waals surface area contributed by atoms with Gasteiger partial charge in [-0.15, -0.1) is 0 Å². The Hall–Kier alpha value is -4.35. The number of nitrogens with zero attached hydrogens (tertiary/aromatic N) is 4. The number of carbonyl (C=O) groups is 1. The second-order valence-electron chi connectivity index (χ2n) is 7.82. The van der Waals surface area contributed by atoms with E-state index in [1.54, 1.807) is 47.4 Å². The first-order valence-corrected chi connectivity index (χ1v) is 10.8. The molecule has 2 aromatic heterocycles. The molecule has 0 saturated heterocycles. The van der Waals surface area contributed by atoms with Crippen molar-refractivity contribution in [3.63, 3.8) is 0 Å². The Balaban J connectivity index is 1.44. The van der Waals surface area contributed by atoms with Gasteiger partial charge in [0.25, 0.3) is 0 Å². The number of rotatable bonds is 8. The average molecular weight is 455 g/mol. The van der Waals surface area contributed by atoms with E-state index in [0.717, 1.165) is 16.7 Å². The van der Waals surface area contributed by atoms with Crippen LogP contribution < -0.4 is 10.6 Å². The SMILES string of the molecule is Cn1cc(-c2ccc(NC(=O)[C@@H](NCCc3ccc(C#N)cc3)c3ccc(F)cc3)nc2)cn1. The molecule has 4 aromatic rings. The predicted molar refractivity (Wildman–Crippen MR) is 127 cm³/mol. The summed E-state index contributed by atoms with van der Waals surface area (Å²) in [6, 6.07) is 18.2. The molecule has 8 heteroatoms. The summed E-state index contributed by atoms with van der Waals surface area (Å²) in [5, 5.41) is 19.2. The maximum atomic E-state index is 13.5. The number of hydrogen-bond acceptors (Lipinski definition) is 5. The van der Waals surface area contributed by atoms with Crippen LogP contribution in [0.2, 0.25) is 0 Å². The van der Waals surface area contributed by atoms with Crippen LogP contribution in [0, 0.1) is 17.1 Å². The molecule has 0 radical (unpaired) electrons. The topological polar surface area (TPSA) is 95.6 Å². The van der Waals surface area contributed by atoms with E-state index in [2.05, 4.69) is 26.8 Å². The van der Waals surface area contributed by atoms with Gasteiger partial charge >= 0.3 is 0 Å². The summed E-state index contributed by atoms with van der Waals surface area (Å²) in [7, 11) is 1.84. The zero-order valence-corrected chi connectivity index (χ0v) is 18.6. The number of aryl methyl sites for hydroxylation is 1. The number of carbonyl (C=O) groups excluding carboxylic acids is 1. The molecule has 0 aliphatic rings. The molecule has 0 aliphatic heterocycles. The van der Waals surface area contributed by atoms with E-state index in [9.17, 15) is 9.18 Å². The highest BCUT2D eigenvalue weighted by Gasteiger charge is 2.21. The molecule has 2 N–H and O–H groups in total. The van der Waals surface area contributed by atoms with Crippen molar-refractivity contribution in [3.05, 3.63) is 102 Å². The Bertz CT molecular complexity index is 1290. The number of aromatic nitrogens is 3. The first-order valence-electron chi connectivity index (χ1n) is 10.8. The number of benzene rings is 2. The van der Waals surface area contributed by atoms with Gasteiger partial charge < -0.3 is 10.6 Å². The van der Waals surface area contributed by atoms with Crippen LogP contribution in [0.15, 0.2) is 79.3 Å². The number of hydrogen-bond donors (Lipinski definition) is 2. The van der Waals surface area contributed by atoms with E-state index in [0.29, 0.717) is 29.9 Å². The summed E-state index contributed by atoms with van der Waals surface area (Å²) in [5.74, 6) is -0.250. The summed E-state index contributed by atoms with van der Waals surface area (Å²) in [6.07, 6.45) is 5.97. The molecule has 0 bridgehead atoms. The minimum absolute atomic E-state index is 0.298. The smallest absolute Gasteiger partial charge is 0.247 e. The van der Waals surface area contributed by atoms with E-state index < -0.39 is 6.04 Å². The molecule has 2 heterocycles. The Kier molecular flexibility index (Phi) is 7.06. The maximum Gasteiger partial charge on any atom is 0.247 e. The first kappa shape index (κ1) is 22.8. The van der Waals surface area contributed by atoms with Gasteiger partial charge in [-0.25, -0.2) is 9.37 Å². The minimum atomic E-state index is -0.696. The fourth-order valence-electron chi connectivity index (χ4n) is 3.53. The molecular formula is C26H23FN6O. The summed E-state index contributed by atoms with van der Waals surface area (Å²) >= 11 is 0. The zero-order chi connectivity index (χ0) is 23.9. The monoisotopic (exact) mass is 454 g/mol. The second-order valence-corrected chi connectivity index (χ2v) is 7.82. The highest BCUT2D eigenvalue weighted by atomic mass is 19.1. The Labute approximate surface area is 196 Å². The van der Waals surface area contributed by atoms with Gasteiger partial charge in [0.2, 0.25) is 5.91 Å². The number of anilines is 1. The van der Waals surface area contributed by atoms with E-state index in [1.165, 1.54) is 12.1 Å². The lowest BCUT2D eigenvalue weighted by molar-refractivity contribution is -0.118. The molecule has 2 aromatic carbocycles. The largest absolute Gasteiger partial charge is 0.309 e. The van der Waals surface area contributed by atoms with Crippen molar-refractivity contribution in [2.75, 3.05) is 11.9 Å². The third-order valence-corrected chi connectivity index (χ3v) is 5.36.